The van der Waals surface area contributed by atoms with Gasteiger partial charge in [0.05, 0.1) is 24.3 Å². The molecule has 0 unspecified atom stereocenters. The van der Waals surface area contributed by atoms with Gasteiger partial charge in [0.25, 0.3) is 0 Å². The Hall–Kier alpha value is -3.54. The van der Waals surface area contributed by atoms with Crippen LogP contribution in [0.2, 0.25) is 0 Å². The van der Waals surface area contributed by atoms with Crippen molar-refractivity contribution in [3.63, 3.8) is 0 Å². The Bertz CT molecular complexity index is 1360. The highest BCUT2D eigenvalue weighted by molar-refractivity contribution is 5.78. The number of carbonyl (C=O) groups is 1. The maximum Gasteiger partial charge on any atom is 0.417 e. The van der Waals surface area contributed by atoms with E-state index in [9.17, 15) is 18.0 Å². The molecular formula is C28H36F3N7O2. The Labute approximate surface area is 231 Å². The molecule has 3 aromatic rings. The van der Waals surface area contributed by atoms with Crippen molar-refractivity contribution in [3.8, 4) is 11.1 Å². The summed E-state index contributed by atoms with van der Waals surface area (Å²) in [7, 11) is 3.24. The summed E-state index contributed by atoms with van der Waals surface area (Å²) in [6.07, 6.45) is 3.16. The number of nitrogens with one attached hydrogen (secondary N) is 2. The van der Waals surface area contributed by atoms with Crippen LogP contribution in [-0.2, 0) is 37.3 Å². The first kappa shape index (κ1) is 28.0. The first-order valence-electron chi connectivity index (χ1n) is 13.9. The summed E-state index contributed by atoms with van der Waals surface area (Å²) in [5.74, 6) is 0.606. The van der Waals surface area contributed by atoms with Crippen molar-refractivity contribution in [2.75, 3.05) is 31.7 Å². The minimum atomic E-state index is -4.55. The summed E-state index contributed by atoms with van der Waals surface area (Å²) >= 11 is 0. The van der Waals surface area contributed by atoms with Crippen LogP contribution in [0, 0.1) is 0 Å². The van der Waals surface area contributed by atoms with Crippen molar-refractivity contribution in [3.05, 3.63) is 46.9 Å². The van der Waals surface area contributed by atoms with Gasteiger partial charge < -0.3 is 20.3 Å². The molecule has 9 nitrogen and oxygen atoms in total. The van der Waals surface area contributed by atoms with Crippen LogP contribution in [0.5, 0.6) is 0 Å². The van der Waals surface area contributed by atoms with Crippen LogP contribution in [0.4, 0.5) is 29.5 Å². The molecule has 0 aliphatic carbocycles. The maximum absolute atomic E-state index is 14.4. The molecule has 0 atom stereocenters. The van der Waals surface area contributed by atoms with Gasteiger partial charge in [-0.05, 0) is 55.4 Å². The van der Waals surface area contributed by atoms with E-state index in [1.54, 1.807) is 26.4 Å². The highest BCUT2D eigenvalue weighted by Gasteiger charge is 2.37. The molecule has 12 heteroatoms. The molecule has 1 aromatic carbocycles. The molecule has 4 heterocycles. The van der Waals surface area contributed by atoms with Gasteiger partial charge in [0.15, 0.2) is 5.82 Å². The number of anilines is 2. The third-order valence-electron chi connectivity index (χ3n) is 7.69. The monoisotopic (exact) mass is 559 g/mol. The van der Waals surface area contributed by atoms with Gasteiger partial charge in [-0.25, -0.2) is 4.79 Å². The zero-order chi connectivity index (χ0) is 28.4. The summed E-state index contributed by atoms with van der Waals surface area (Å²) in [4.78, 5) is 14.1. The molecule has 0 spiro atoms. The fourth-order valence-corrected chi connectivity index (χ4v) is 5.77. The second-order valence-electron chi connectivity index (χ2n) is 10.4. The van der Waals surface area contributed by atoms with Crippen molar-refractivity contribution in [2.45, 2.75) is 64.2 Å². The third-order valence-corrected chi connectivity index (χ3v) is 7.69. The van der Waals surface area contributed by atoms with Crippen LogP contribution < -0.4 is 15.5 Å². The molecule has 2 amide bonds. The Balaban J connectivity index is 1.66. The molecule has 5 rings (SSSR count). The molecule has 2 aliphatic heterocycles. The Morgan fingerprint density at radius 1 is 1.23 bits per heavy atom. The fourth-order valence-electron chi connectivity index (χ4n) is 5.77. The number of amides is 2. The van der Waals surface area contributed by atoms with Crippen LogP contribution >= 0.6 is 0 Å². The number of aryl methyl sites for hydroxylation is 2. The molecular weight excluding hydrogens is 523 g/mol. The average Bonchev–Trinajstić information content (AvgIpc) is 3.54. The second-order valence-corrected chi connectivity index (χ2v) is 10.4. The molecule has 0 saturated carbocycles. The Morgan fingerprint density at radius 2 is 2.00 bits per heavy atom. The SMILES string of the molecule is CCCc1c(CNC(=O)NC)c(N2CCCc3cc(-c4cnn(C)c4)c(C(F)(F)F)cc32)nn1C1CCOCC1. The van der Waals surface area contributed by atoms with Gasteiger partial charge in [0.1, 0.15) is 0 Å². The van der Waals surface area contributed by atoms with Gasteiger partial charge in [-0.2, -0.15) is 23.4 Å². The van der Waals surface area contributed by atoms with E-state index in [2.05, 4.69) is 22.7 Å². The number of aromatic nitrogens is 4. The highest BCUT2D eigenvalue weighted by Crippen LogP contribution is 2.45. The van der Waals surface area contributed by atoms with Crippen LogP contribution in [0.3, 0.4) is 0 Å². The van der Waals surface area contributed by atoms with Gasteiger partial charge >= 0.3 is 12.2 Å². The van der Waals surface area contributed by atoms with Crippen molar-refractivity contribution < 1.29 is 22.7 Å². The van der Waals surface area contributed by atoms with Gasteiger partial charge in [0.2, 0.25) is 0 Å². The zero-order valence-electron chi connectivity index (χ0n) is 23.1. The number of benzene rings is 1. The average molecular weight is 560 g/mol. The lowest BCUT2D eigenvalue weighted by Crippen LogP contribution is -2.33. The Kier molecular flexibility index (Phi) is 8.07. The maximum atomic E-state index is 14.4. The topological polar surface area (TPSA) is 89.2 Å². The van der Waals surface area contributed by atoms with Crippen LogP contribution in [0.25, 0.3) is 11.1 Å². The number of hydrogen-bond acceptors (Lipinski definition) is 5. The normalized spacial score (nSPS) is 16.2. The van der Waals surface area contributed by atoms with E-state index >= 15 is 0 Å². The van der Waals surface area contributed by atoms with Crippen LogP contribution in [0.1, 0.15) is 61.0 Å². The number of halogens is 3. The largest absolute Gasteiger partial charge is 0.417 e. The van der Waals surface area contributed by atoms with Gasteiger partial charge in [-0.3, -0.25) is 9.36 Å². The van der Waals surface area contributed by atoms with E-state index in [0.29, 0.717) is 43.2 Å². The van der Waals surface area contributed by atoms with E-state index in [-0.39, 0.29) is 24.2 Å². The van der Waals surface area contributed by atoms with Gasteiger partial charge in [0, 0.05) is 62.6 Å². The number of ether oxygens (including phenoxy) is 1. The summed E-state index contributed by atoms with van der Waals surface area (Å²) in [6.45, 7) is 4.10. The summed E-state index contributed by atoms with van der Waals surface area (Å²) in [6, 6.07) is 2.73. The number of alkyl halides is 3. The van der Waals surface area contributed by atoms with Crippen molar-refractivity contribution in [2.24, 2.45) is 7.05 Å². The van der Waals surface area contributed by atoms with E-state index in [1.165, 1.54) is 16.9 Å². The van der Waals surface area contributed by atoms with Gasteiger partial charge in [-0.1, -0.05) is 13.3 Å². The van der Waals surface area contributed by atoms with Crippen molar-refractivity contribution in [1.29, 1.82) is 0 Å². The van der Waals surface area contributed by atoms with E-state index < -0.39 is 11.7 Å². The van der Waals surface area contributed by atoms with Crippen LogP contribution in [-0.4, -0.2) is 52.4 Å². The molecule has 216 valence electrons. The molecule has 2 aromatic heterocycles. The first-order valence-corrected chi connectivity index (χ1v) is 13.9. The molecule has 0 bridgehead atoms. The van der Waals surface area contributed by atoms with E-state index in [4.69, 9.17) is 9.84 Å². The number of urea groups is 1. The van der Waals surface area contributed by atoms with Crippen molar-refractivity contribution >= 4 is 17.5 Å². The lowest BCUT2D eigenvalue weighted by atomic mass is 9.92. The summed E-state index contributed by atoms with van der Waals surface area (Å²) < 4.78 is 52.5. The summed E-state index contributed by atoms with van der Waals surface area (Å²) in [5, 5.41) is 14.6. The zero-order valence-corrected chi connectivity index (χ0v) is 23.1. The predicted octanol–water partition coefficient (Wildman–Crippen LogP) is 5.12. The number of hydrogen-bond donors (Lipinski definition) is 2. The molecule has 2 aliphatic rings. The fraction of sp³-hybridized carbons (Fsp3) is 0.536. The predicted molar refractivity (Wildman–Crippen MR) is 146 cm³/mol. The molecule has 0 radical (unpaired) electrons. The first-order chi connectivity index (χ1) is 19.2. The lowest BCUT2D eigenvalue weighted by Gasteiger charge is -2.32. The quantitative estimate of drug-likeness (QED) is 0.420. The minimum Gasteiger partial charge on any atom is -0.381 e. The number of carbonyl (C=O) groups excluding carboxylic acids is 1. The number of fused-ring (bicyclic) bond motifs is 1. The smallest absolute Gasteiger partial charge is 0.381 e. The number of nitrogens with zero attached hydrogens (tertiary/aromatic N) is 5. The van der Waals surface area contributed by atoms with Crippen LogP contribution in [0.15, 0.2) is 24.5 Å². The molecule has 1 saturated heterocycles. The molecule has 2 N–H and O–H groups in total. The standard InChI is InChI=1S/C28H36F3N7O2/c1-4-6-24-22(16-33-27(39)32-2)26(35-38(24)20-8-11-40-12-9-20)37-10-5-7-18-13-21(19-15-34-36(3)17-19)23(14-25(18)37)28(29,30)31/h13-15,17,20H,4-12,16H2,1-3H3,(H2,32,33,39). The molecule has 40 heavy (non-hydrogen) atoms. The third kappa shape index (κ3) is 5.54. The Morgan fingerprint density at radius 3 is 2.65 bits per heavy atom. The highest BCUT2D eigenvalue weighted by atomic mass is 19.4. The van der Waals surface area contributed by atoms with E-state index in [1.807, 2.05) is 9.58 Å². The summed E-state index contributed by atoms with van der Waals surface area (Å²) in [5.41, 5.74) is 3.05. The van der Waals surface area contributed by atoms with Gasteiger partial charge in [-0.15, -0.1) is 0 Å². The van der Waals surface area contributed by atoms with Crippen molar-refractivity contribution in [1.82, 2.24) is 30.2 Å². The second kappa shape index (κ2) is 11.5. The number of rotatable bonds is 7. The molecule has 1 fully saturated rings. The van der Waals surface area contributed by atoms with E-state index in [0.717, 1.165) is 48.9 Å². The lowest BCUT2D eigenvalue weighted by molar-refractivity contribution is -0.137. The minimum absolute atomic E-state index is 0.127.